The summed E-state index contributed by atoms with van der Waals surface area (Å²) in [6, 6.07) is 3.38. The molecule has 1 aliphatic rings. The average Bonchev–Trinajstić information content (AvgIpc) is 2.75. The van der Waals surface area contributed by atoms with Crippen LogP contribution in [-0.2, 0) is 4.74 Å². The quantitative estimate of drug-likeness (QED) is 0.824. The number of ether oxygens (including phenoxy) is 1. The number of anilines is 1. The van der Waals surface area contributed by atoms with Gasteiger partial charge in [-0.15, -0.1) is 0 Å². The molecule has 0 spiro atoms. The van der Waals surface area contributed by atoms with E-state index in [1.807, 2.05) is 6.92 Å². The number of carbonyl (C=O) groups excluding carboxylic acids is 1. The Morgan fingerprint density at radius 1 is 1.59 bits per heavy atom. The standard InChI is InChI=1S/C12H17N3O2/c1-8-5-9(6-11(13)14-8)12(16)15-4-3-10(7-15)17-2/h5-6,10H,3-4,7H2,1-2H3,(H2,13,14). The normalized spacial score (nSPS) is 19.6. The van der Waals surface area contributed by atoms with Gasteiger partial charge in [0.2, 0.25) is 0 Å². The molecule has 1 aromatic heterocycles. The molecule has 17 heavy (non-hydrogen) atoms. The molecule has 1 aliphatic heterocycles. The molecule has 0 bridgehead atoms. The first-order valence-electron chi connectivity index (χ1n) is 5.66. The molecule has 2 rings (SSSR count). The number of rotatable bonds is 2. The number of hydrogen-bond acceptors (Lipinski definition) is 4. The number of nitrogens with two attached hydrogens (primary N) is 1. The fraction of sp³-hybridized carbons (Fsp3) is 0.500. The van der Waals surface area contributed by atoms with Gasteiger partial charge in [-0.3, -0.25) is 4.79 Å². The first kappa shape index (κ1) is 11.9. The van der Waals surface area contributed by atoms with Crippen LogP contribution in [0, 0.1) is 6.92 Å². The Labute approximate surface area is 101 Å². The van der Waals surface area contributed by atoms with Crippen LogP contribution < -0.4 is 5.73 Å². The van der Waals surface area contributed by atoms with Crippen LogP contribution in [0.25, 0.3) is 0 Å². The predicted molar refractivity (Wildman–Crippen MR) is 64.7 cm³/mol. The molecule has 0 aromatic carbocycles. The lowest BCUT2D eigenvalue weighted by Gasteiger charge is -2.16. The zero-order valence-corrected chi connectivity index (χ0v) is 10.1. The zero-order valence-electron chi connectivity index (χ0n) is 10.1. The maximum absolute atomic E-state index is 12.2. The van der Waals surface area contributed by atoms with Gasteiger partial charge in [0.25, 0.3) is 5.91 Å². The van der Waals surface area contributed by atoms with E-state index in [-0.39, 0.29) is 12.0 Å². The van der Waals surface area contributed by atoms with E-state index < -0.39 is 0 Å². The molecular weight excluding hydrogens is 218 g/mol. The van der Waals surface area contributed by atoms with Crippen molar-refractivity contribution in [2.45, 2.75) is 19.4 Å². The minimum atomic E-state index is 0.00162. The van der Waals surface area contributed by atoms with Gasteiger partial charge in [-0.1, -0.05) is 0 Å². The predicted octanol–water partition coefficient (Wildman–Crippen LogP) is 0.833. The van der Waals surface area contributed by atoms with Crippen LogP contribution in [-0.4, -0.2) is 42.1 Å². The van der Waals surface area contributed by atoms with Gasteiger partial charge in [0.1, 0.15) is 5.82 Å². The molecule has 2 N–H and O–H groups in total. The molecule has 0 aliphatic carbocycles. The number of hydrogen-bond donors (Lipinski definition) is 1. The molecule has 5 nitrogen and oxygen atoms in total. The number of aromatic nitrogens is 1. The Bertz CT molecular complexity index is 414. The van der Waals surface area contributed by atoms with Crippen molar-refractivity contribution in [3.8, 4) is 0 Å². The molecule has 92 valence electrons. The first-order chi connectivity index (χ1) is 8.10. The van der Waals surface area contributed by atoms with E-state index in [2.05, 4.69) is 4.98 Å². The maximum Gasteiger partial charge on any atom is 0.254 e. The SMILES string of the molecule is COC1CCN(C(=O)c2cc(C)nc(N)c2)C1. The van der Waals surface area contributed by atoms with Crippen LogP contribution in [0.5, 0.6) is 0 Å². The molecule has 1 amide bonds. The van der Waals surface area contributed by atoms with Gasteiger partial charge in [-0.05, 0) is 25.5 Å². The highest BCUT2D eigenvalue weighted by molar-refractivity contribution is 5.95. The van der Waals surface area contributed by atoms with E-state index in [9.17, 15) is 4.79 Å². The van der Waals surface area contributed by atoms with Crippen LogP contribution >= 0.6 is 0 Å². The van der Waals surface area contributed by atoms with Gasteiger partial charge in [-0.2, -0.15) is 0 Å². The van der Waals surface area contributed by atoms with Gasteiger partial charge < -0.3 is 15.4 Å². The first-order valence-corrected chi connectivity index (χ1v) is 5.66. The van der Waals surface area contributed by atoms with E-state index in [1.165, 1.54) is 0 Å². The molecule has 1 atom stereocenters. The highest BCUT2D eigenvalue weighted by Crippen LogP contribution is 2.16. The molecule has 1 aromatic rings. The van der Waals surface area contributed by atoms with Gasteiger partial charge in [0, 0.05) is 31.5 Å². The highest BCUT2D eigenvalue weighted by atomic mass is 16.5. The number of methoxy groups -OCH3 is 1. The van der Waals surface area contributed by atoms with Crippen LogP contribution in [0.15, 0.2) is 12.1 Å². The van der Waals surface area contributed by atoms with E-state index in [0.29, 0.717) is 17.9 Å². The van der Waals surface area contributed by atoms with E-state index in [4.69, 9.17) is 10.5 Å². The lowest BCUT2D eigenvalue weighted by Crippen LogP contribution is -2.30. The summed E-state index contributed by atoms with van der Waals surface area (Å²) in [6.45, 7) is 3.21. The van der Waals surface area contributed by atoms with Crippen molar-refractivity contribution in [3.63, 3.8) is 0 Å². The lowest BCUT2D eigenvalue weighted by molar-refractivity contribution is 0.0724. The van der Waals surface area contributed by atoms with E-state index >= 15 is 0 Å². The third-order valence-electron chi connectivity index (χ3n) is 2.99. The minimum Gasteiger partial charge on any atom is -0.384 e. The molecule has 5 heteroatoms. The monoisotopic (exact) mass is 235 g/mol. The highest BCUT2D eigenvalue weighted by Gasteiger charge is 2.26. The summed E-state index contributed by atoms with van der Waals surface area (Å²) >= 11 is 0. The average molecular weight is 235 g/mol. The van der Waals surface area contributed by atoms with Crippen molar-refractivity contribution in [2.75, 3.05) is 25.9 Å². The van der Waals surface area contributed by atoms with Crippen LogP contribution in [0.3, 0.4) is 0 Å². The second-order valence-electron chi connectivity index (χ2n) is 4.32. The number of aryl methyl sites for hydroxylation is 1. The largest absolute Gasteiger partial charge is 0.384 e. The van der Waals surface area contributed by atoms with Crippen molar-refractivity contribution < 1.29 is 9.53 Å². The molecule has 1 unspecified atom stereocenters. The number of pyridine rings is 1. The van der Waals surface area contributed by atoms with Crippen molar-refractivity contribution in [3.05, 3.63) is 23.4 Å². The Hall–Kier alpha value is -1.62. The Morgan fingerprint density at radius 3 is 2.94 bits per heavy atom. The van der Waals surface area contributed by atoms with Crippen molar-refractivity contribution >= 4 is 11.7 Å². The smallest absolute Gasteiger partial charge is 0.254 e. The Kier molecular flexibility index (Phi) is 3.28. The number of nitrogens with zero attached hydrogens (tertiary/aromatic N) is 2. The van der Waals surface area contributed by atoms with Crippen molar-refractivity contribution in [1.29, 1.82) is 0 Å². The van der Waals surface area contributed by atoms with E-state index in [0.717, 1.165) is 18.7 Å². The third kappa shape index (κ3) is 2.55. The van der Waals surface area contributed by atoms with Gasteiger partial charge in [0.05, 0.1) is 6.10 Å². The van der Waals surface area contributed by atoms with Gasteiger partial charge in [0.15, 0.2) is 0 Å². The second-order valence-corrected chi connectivity index (χ2v) is 4.32. The van der Waals surface area contributed by atoms with Crippen LogP contribution in [0.2, 0.25) is 0 Å². The summed E-state index contributed by atoms with van der Waals surface area (Å²) in [7, 11) is 1.67. The van der Waals surface area contributed by atoms with Crippen LogP contribution in [0.4, 0.5) is 5.82 Å². The lowest BCUT2D eigenvalue weighted by atomic mass is 10.2. The van der Waals surface area contributed by atoms with E-state index in [1.54, 1.807) is 24.1 Å². The van der Waals surface area contributed by atoms with Gasteiger partial charge >= 0.3 is 0 Å². The second kappa shape index (κ2) is 4.71. The van der Waals surface area contributed by atoms with Crippen molar-refractivity contribution in [1.82, 2.24) is 9.88 Å². The summed E-state index contributed by atoms with van der Waals surface area (Å²) in [5, 5.41) is 0. The number of nitrogen functional groups attached to an aromatic ring is 1. The summed E-state index contributed by atoms with van der Waals surface area (Å²) < 4.78 is 5.24. The van der Waals surface area contributed by atoms with Gasteiger partial charge in [-0.25, -0.2) is 4.98 Å². The minimum absolute atomic E-state index is 0.00162. The number of amides is 1. The molecular formula is C12H17N3O2. The summed E-state index contributed by atoms with van der Waals surface area (Å²) in [5.41, 5.74) is 7.01. The summed E-state index contributed by atoms with van der Waals surface area (Å²) in [4.78, 5) is 18.1. The summed E-state index contributed by atoms with van der Waals surface area (Å²) in [6.07, 6.45) is 1.04. The van der Waals surface area contributed by atoms with Crippen LogP contribution in [0.1, 0.15) is 22.5 Å². The molecule has 2 heterocycles. The summed E-state index contributed by atoms with van der Waals surface area (Å²) in [5.74, 6) is 0.387. The fourth-order valence-corrected chi connectivity index (χ4v) is 2.11. The molecule has 0 saturated carbocycles. The maximum atomic E-state index is 12.2. The Morgan fingerprint density at radius 2 is 2.35 bits per heavy atom. The third-order valence-corrected chi connectivity index (χ3v) is 2.99. The number of carbonyl (C=O) groups is 1. The Balaban J connectivity index is 2.14. The van der Waals surface area contributed by atoms with Crippen molar-refractivity contribution in [2.24, 2.45) is 0 Å². The molecule has 0 radical (unpaired) electrons. The topological polar surface area (TPSA) is 68.5 Å². The fourth-order valence-electron chi connectivity index (χ4n) is 2.11. The zero-order chi connectivity index (χ0) is 12.4. The number of likely N-dealkylation sites (tertiary alicyclic amines) is 1. The molecule has 1 fully saturated rings. The molecule has 1 saturated heterocycles.